The van der Waals surface area contributed by atoms with Crippen molar-refractivity contribution in [2.45, 2.75) is 19.1 Å². The molecule has 0 atom stereocenters. The van der Waals surface area contributed by atoms with Gasteiger partial charge in [-0.15, -0.1) is 0 Å². The van der Waals surface area contributed by atoms with E-state index < -0.39 is 29.9 Å². The van der Waals surface area contributed by atoms with Crippen LogP contribution < -0.4 is 0 Å². The maximum Gasteiger partial charge on any atom is 0.390 e. The number of carboxylic acids is 1. The maximum atomic E-state index is 13.3. The number of benzene rings is 1. The Bertz CT molecular complexity index is 460. The fourth-order valence-corrected chi connectivity index (χ4v) is 1.54. The molecule has 0 aliphatic rings. The number of carbonyl (C=O) groups is 1. The Morgan fingerprint density at radius 2 is 2.00 bits per heavy atom. The molecule has 0 saturated heterocycles. The fourth-order valence-electron chi connectivity index (χ4n) is 1.54. The molecule has 0 heterocycles. The van der Waals surface area contributed by atoms with Gasteiger partial charge in [0.15, 0.2) is 0 Å². The van der Waals surface area contributed by atoms with Gasteiger partial charge in [-0.3, -0.25) is 0 Å². The van der Waals surface area contributed by atoms with Gasteiger partial charge in [0.25, 0.3) is 0 Å². The molecular formula is C12H13F4NO2. The molecule has 1 N–H and O–H groups in total. The van der Waals surface area contributed by atoms with Gasteiger partial charge in [0, 0.05) is 13.1 Å². The lowest BCUT2D eigenvalue weighted by molar-refractivity contribution is -0.137. The molecule has 1 aromatic carbocycles. The quantitative estimate of drug-likeness (QED) is 0.842. The van der Waals surface area contributed by atoms with Gasteiger partial charge >= 0.3 is 12.1 Å². The van der Waals surface area contributed by atoms with Crippen molar-refractivity contribution in [2.24, 2.45) is 0 Å². The topological polar surface area (TPSA) is 40.5 Å². The minimum absolute atomic E-state index is 0.118. The zero-order chi connectivity index (χ0) is 14.6. The zero-order valence-corrected chi connectivity index (χ0v) is 10.2. The van der Waals surface area contributed by atoms with Crippen LogP contribution in [0.4, 0.5) is 17.6 Å². The molecule has 3 nitrogen and oxygen atoms in total. The summed E-state index contributed by atoms with van der Waals surface area (Å²) in [6.07, 6.45) is -5.17. The van der Waals surface area contributed by atoms with Gasteiger partial charge in [0.05, 0.1) is 12.0 Å². The van der Waals surface area contributed by atoms with E-state index in [1.165, 1.54) is 18.0 Å². The fraction of sp³-hybridized carbons (Fsp3) is 0.417. The first-order chi connectivity index (χ1) is 8.69. The van der Waals surface area contributed by atoms with Gasteiger partial charge in [-0.1, -0.05) is 6.07 Å². The molecule has 0 aromatic heterocycles. The first kappa shape index (κ1) is 15.4. The van der Waals surface area contributed by atoms with Crippen molar-refractivity contribution >= 4 is 5.97 Å². The van der Waals surface area contributed by atoms with Gasteiger partial charge in [-0.2, -0.15) is 13.2 Å². The largest absolute Gasteiger partial charge is 0.478 e. The first-order valence-corrected chi connectivity index (χ1v) is 5.46. The third-order valence-electron chi connectivity index (χ3n) is 2.49. The highest BCUT2D eigenvalue weighted by Gasteiger charge is 2.27. The normalized spacial score (nSPS) is 11.9. The summed E-state index contributed by atoms with van der Waals surface area (Å²) in [7, 11) is 1.48. The van der Waals surface area contributed by atoms with Crippen LogP contribution in [0.15, 0.2) is 18.2 Å². The molecule has 0 amide bonds. The molecule has 0 aliphatic carbocycles. The molecule has 1 aromatic rings. The Hall–Kier alpha value is -1.63. The van der Waals surface area contributed by atoms with Gasteiger partial charge in [0.1, 0.15) is 5.82 Å². The Balaban J connectivity index is 2.63. The number of aromatic carboxylic acids is 1. The Labute approximate surface area is 107 Å². The predicted octanol–water partition coefficient (Wildman–Crippen LogP) is 2.91. The summed E-state index contributed by atoms with van der Waals surface area (Å²) in [4.78, 5) is 12.0. The van der Waals surface area contributed by atoms with Crippen molar-refractivity contribution in [1.82, 2.24) is 4.90 Å². The van der Waals surface area contributed by atoms with Crippen LogP contribution in [0.5, 0.6) is 0 Å². The SMILES string of the molecule is CN(CCC(F)(F)F)Cc1ccc(C(=O)O)c(F)c1. The summed E-state index contributed by atoms with van der Waals surface area (Å²) in [5, 5.41) is 8.64. The van der Waals surface area contributed by atoms with E-state index in [1.807, 2.05) is 0 Å². The van der Waals surface area contributed by atoms with E-state index in [-0.39, 0.29) is 13.1 Å². The zero-order valence-electron chi connectivity index (χ0n) is 10.2. The number of halogens is 4. The van der Waals surface area contributed by atoms with E-state index in [9.17, 15) is 22.4 Å². The summed E-state index contributed by atoms with van der Waals surface area (Å²) in [5.74, 6) is -2.27. The van der Waals surface area contributed by atoms with Crippen LogP contribution in [-0.2, 0) is 6.54 Å². The molecule has 0 bridgehead atoms. The van der Waals surface area contributed by atoms with Crippen LogP contribution in [-0.4, -0.2) is 35.7 Å². The van der Waals surface area contributed by atoms with Gasteiger partial charge in [-0.25, -0.2) is 9.18 Å². The molecule has 0 aliphatic heterocycles. The third kappa shape index (κ3) is 5.25. The van der Waals surface area contributed by atoms with Crippen molar-refractivity contribution < 1.29 is 27.5 Å². The Kier molecular flexibility index (Phi) is 4.88. The number of alkyl halides is 3. The van der Waals surface area contributed by atoms with Crippen LogP contribution in [0, 0.1) is 5.82 Å². The van der Waals surface area contributed by atoms with Crippen molar-refractivity contribution in [3.63, 3.8) is 0 Å². The predicted molar refractivity (Wildman–Crippen MR) is 60.4 cm³/mol. The second-order valence-corrected chi connectivity index (χ2v) is 4.22. The molecule has 0 radical (unpaired) electrons. The number of rotatable bonds is 5. The van der Waals surface area contributed by atoms with Gasteiger partial charge in [-0.05, 0) is 24.7 Å². The third-order valence-corrected chi connectivity index (χ3v) is 2.49. The van der Waals surface area contributed by atoms with E-state index in [0.717, 1.165) is 12.1 Å². The van der Waals surface area contributed by atoms with E-state index in [0.29, 0.717) is 5.56 Å². The van der Waals surface area contributed by atoms with E-state index in [4.69, 9.17) is 5.11 Å². The molecular weight excluding hydrogens is 266 g/mol. The Morgan fingerprint density at radius 1 is 1.37 bits per heavy atom. The van der Waals surface area contributed by atoms with Crippen molar-refractivity contribution in [3.05, 3.63) is 35.1 Å². The highest BCUT2D eigenvalue weighted by atomic mass is 19.4. The lowest BCUT2D eigenvalue weighted by Crippen LogP contribution is -2.24. The number of carboxylic acid groups (broad SMARTS) is 1. The standard InChI is InChI=1S/C12H13F4NO2/c1-17(5-4-12(14,15)16)7-8-2-3-9(11(18)19)10(13)6-8/h2-3,6H,4-5,7H2,1H3,(H,18,19). The summed E-state index contributed by atoms with van der Waals surface area (Å²) in [6, 6.07) is 3.51. The Morgan fingerprint density at radius 3 is 2.47 bits per heavy atom. The molecule has 0 saturated carbocycles. The van der Waals surface area contributed by atoms with Gasteiger partial charge < -0.3 is 10.0 Å². The lowest BCUT2D eigenvalue weighted by Gasteiger charge is -2.17. The molecule has 106 valence electrons. The molecule has 0 fully saturated rings. The smallest absolute Gasteiger partial charge is 0.390 e. The molecule has 0 spiro atoms. The van der Waals surface area contributed by atoms with E-state index in [2.05, 4.69) is 0 Å². The highest BCUT2D eigenvalue weighted by molar-refractivity contribution is 5.87. The second-order valence-electron chi connectivity index (χ2n) is 4.22. The van der Waals surface area contributed by atoms with Crippen LogP contribution >= 0.6 is 0 Å². The number of nitrogens with zero attached hydrogens (tertiary/aromatic N) is 1. The monoisotopic (exact) mass is 279 g/mol. The van der Waals surface area contributed by atoms with Crippen molar-refractivity contribution in [3.8, 4) is 0 Å². The van der Waals surface area contributed by atoms with Crippen LogP contribution in [0.1, 0.15) is 22.3 Å². The first-order valence-electron chi connectivity index (χ1n) is 5.46. The number of hydrogen-bond donors (Lipinski definition) is 1. The van der Waals surface area contributed by atoms with Crippen LogP contribution in [0.3, 0.4) is 0 Å². The van der Waals surface area contributed by atoms with Crippen LogP contribution in [0.25, 0.3) is 0 Å². The average molecular weight is 279 g/mol. The van der Waals surface area contributed by atoms with E-state index >= 15 is 0 Å². The molecule has 1 rings (SSSR count). The lowest BCUT2D eigenvalue weighted by atomic mass is 10.1. The van der Waals surface area contributed by atoms with Crippen LogP contribution in [0.2, 0.25) is 0 Å². The highest BCUT2D eigenvalue weighted by Crippen LogP contribution is 2.20. The summed E-state index contributed by atoms with van der Waals surface area (Å²) < 4.78 is 49.4. The van der Waals surface area contributed by atoms with E-state index in [1.54, 1.807) is 0 Å². The second kappa shape index (κ2) is 6.01. The molecule has 19 heavy (non-hydrogen) atoms. The van der Waals surface area contributed by atoms with Crippen molar-refractivity contribution in [1.29, 1.82) is 0 Å². The minimum Gasteiger partial charge on any atom is -0.478 e. The van der Waals surface area contributed by atoms with Crippen molar-refractivity contribution in [2.75, 3.05) is 13.6 Å². The number of hydrogen-bond acceptors (Lipinski definition) is 2. The molecule has 7 heteroatoms. The van der Waals surface area contributed by atoms with Gasteiger partial charge in [0.2, 0.25) is 0 Å². The maximum absolute atomic E-state index is 13.3. The minimum atomic E-state index is -4.23. The molecule has 0 unspecified atom stereocenters. The average Bonchev–Trinajstić information content (AvgIpc) is 2.25. The summed E-state index contributed by atoms with van der Waals surface area (Å²) in [5.41, 5.74) is -0.0335. The summed E-state index contributed by atoms with van der Waals surface area (Å²) >= 11 is 0. The summed E-state index contributed by atoms with van der Waals surface area (Å²) in [6.45, 7) is -0.0846.